The van der Waals surface area contributed by atoms with Crippen LogP contribution in [-0.4, -0.2) is 55.0 Å². The van der Waals surface area contributed by atoms with E-state index in [0.717, 1.165) is 37.2 Å². The zero-order valence-corrected chi connectivity index (χ0v) is 18.3. The largest absolute Gasteiger partial charge is 0.298 e. The molecule has 6 rings (SSSR count). The van der Waals surface area contributed by atoms with Gasteiger partial charge in [-0.25, -0.2) is 13.1 Å². The van der Waals surface area contributed by atoms with Crippen LogP contribution in [-0.2, 0) is 17.1 Å². The Labute approximate surface area is 177 Å². The maximum absolute atomic E-state index is 11.5. The van der Waals surface area contributed by atoms with Gasteiger partial charge in [0.05, 0.1) is 11.9 Å². The van der Waals surface area contributed by atoms with Crippen molar-refractivity contribution in [3.63, 3.8) is 0 Å². The predicted molar refractivity (Wildman–Crippen MR) is 120 cm³/mol. The van der Waals surface area contributed by atoms with Crippen molar-refractivity contribution < 1.29 is 8.42 Å². The second kappa shape index (κ2) is 7.48. The lowest BCUT2D eigenvalue weighted by atomic mass is 9.74. The number of fused-ring (bicyclic) bond motifs is 4. The quantitative estimate of drug-likeness (QED) is 0.684. The molecule has 158 valence electrons. The molecule has 0 aliphatic carbocycles. The minimum atomic E-state index is -3.15. The van der Waals surface area contributed by atoms with Gasteiger partial charge in [-0.3, -0.25) is 9.58 Å². The van der Waals surface area contributed by atoms with Crippen LogP contribution in [0.5, 0.6) is 0 Å². The van der Waals surface area contributed by atoms with E-state index >= 15 is 0 Å². The fraction of sp³-hybridized carbons (Fsp3) is 0.435. The van der Waals surface area contributed by atoms with Gasteiger partial charge >= 0.3 is 0 Å². The van der Waals surface area contributed by atoms with E-state index in [1.807, 2.05) is 11.7 Å². The number of nitrogens with zero attached hydrogens (tertiary/aromatic N) is 3. The van der Waals surface area contributed by atoms with Crippen molar-refractivity contribution >= 4 is 20.8 Å². The van der Waals surface area contributed by atoms with Crippen molar-refractivity contribution in [2.45, 2.75) is 24.8 Å². The molecular formula is C23H28N4O2S. The molecule has 4 heterocycles. The monoisotopic (exact) mass is 424 g/mol. The van der Waals surface area contributed by atoms with Gasteiger partial charge in [0.2, 0.25) is 10.0 Å². The summed E-state index contributed by atoms with van der Waals surface area (Å²) in [6, 6.07) is 17.5. The van der Waals surface area contributed by atoms with Crippen molar-refractivity contribution in [2.75, 3.05) is 25.9 Å². The summed E-state index contributed by atoms with van der Waals surface area (Å²) >= 11 is 0. The van der Waals surface area contributed by atoms with Crippen LogP contribution in [0.2, 0.25) is 0 Å². The minimum Gasteiger partial charge on any atom is -0.298 e. The van der Waals surface area contributed by atoms with Gasteiger partial charge in [-0.1, -0.05) is 36.4 Å². The summed E-state index contributed by atoms with van der Waals surface area (Å²) in [7, 11) is -1.10. The van der Waals surface area contributed by atoms with Gasteiger partial charge in [0.25, 0.3) is 0 Å². The normalized spacial score (nSPS) is 26.3. The van der Waals surface area contributed by atoms with E-state index < -0.39 is 10.0 Å². The Balaban J connectivity index is 1.37. The van der Waals surface area contributed by atoms with E-state index in [2.05, 4.69) is 58.2 Å². The summed E-state index contributed by atoms with van der Waals surface area (Å²) in [6.45, 7) is 2.53. The van der Waals surface area contributed by atoms with Crippen LogP contribution in [0, 0.1) is 5.92 Å². The molecule has 1 unspecified atom stereocenters. The fourth-order valence-electron chi connectivity index (χ4n) is 5.25. The molecule has 0 saturated carbocycles. The first-order chi connectivity index (χ1) is 14.4. The third kappa shape index (κ3) is 3.77. The standard InChI is InChI=1S/C23H28N4O2S/c1-26-23(13-22(25-26)19-8-7-16-5-3-4-6-17(16)11-19)21-15-27-10-9-18(21)12-20(27)14-24-30(2,28)29/h3-8,11,13,18,20-21,24H,9-10,12,14-15H2,1-2H3/t18-,20+,21-/m0/s1. The molecule has 0 amide bonds. The van der Waals surface area contributed by atoms with Gasteiger partial charge in [0.15, 0.2) is 0 Å². The lowest BCUT2D eigenvalue weighted by molar-refractivity contribution is 0.0306. The van der Waals surface area contributed by atoms with E-state index in [1.165, 1.54) is 22.7 Å². The highest BCUT2D eigenvalue weighted by atomic mass is 32.2. The number of piperidine rings is 3. The van der Waals surface area contributed by atoms with E-state index in [1.54, 1.807) is 0 Å². The summed E-state index contributed by atoms with van der Waals surface area (Å²) in [5.41, 5.74) is 3.44. The van der Waals surface area contributed by atoms with Gasteiger partial charge in [-0.05, 0) is 48.2 Å². The van der Waals surface area contributed by atoms with Crippen LogP contribution in [0.3, 0.4) is 0 Å². The lowest BCUT2D eigenvalue weighted by Gasteiger charge is -2.49. The molecule has 0 radical (unpaired) electrons. The van der Waals surface area contributed by atoms with Crippen LogP contribution < -0.4 is 4.72 Å². The number of rotatable bonds is 5. The van der Waals surface area contributed by atoms with Gasteiger partial charge in [0, 0.05) is 43.4 Å². The molecule has 3 fully saturated rings. The third-order valence-corrected chi connectivity index (χ3v) is 7.49. The molecule has 2 bridgehead atoms. The predicted octanol–water partition coefficient (Wildman–Crippen LogP) is 2.97. The number of hydrogen-bond donors (Lipinski definition) is 1. The molecule has 3 saturated heterocycles. The Hall–Kier alpha value is -2.22. The van der Waals surface area contributed by atoms with Gasteiger partial charge < -0.3 is 0 Å². The topological polar surface area (TPSA) is 67.2 Å². The minimum absolute atomic E-state index is 0.294. The Morgan fingerprint density at radius 3 is 2.67 bits per heavy atom. The van der Waals surface area contributed by atoms with Crippen LogP contribution in [0.25, 0.3) is 22.0 Å². The second-order valence-corrected chi connectivity index (χ2v) is 10.6. The maximum Gasteiger partial charge on any atom is 0.208 e. The van der Waals surface area contributed by atoms with Crippen LogP contribution in [0.1, 0.15) is 24.5 Å². The molecule has 1 aromatic heterocycles. The zero-order valence-electron chi connectivity index (χ0n) is 17.5. The highest BCUT2D eigenvalue weighted by molar-refractivity contribution is 7.88. The SMILES string of the molecule is Cn1nc(-c2ccc3ccccc3c2)cc1[C@H]1CN2CC[C@H]1C[C@@H]2CNS(C)(=O)=O. The first-order valence-electron chi connectivity index (χ1n) is 10.6. The molecule has 30 heavy (non-hydrogen) atoms. The summed E-state index contributed by atoms with van der Waals surface area (Å²) in [5, 5.41) is 7.31. The molecule has 7 heteroatoms. The van der Waals surface area contributed by atoms with Crippen LogP contribution in [0.4, 0.5) is 0 Å². The number of aryl methyl sites for hydroxylation is 1. The van der Waals surface area contributed by atoms with Gasteiger partial charge in [-0.15, -0.1) is 0 Å². The average molecular weight is 425 g/mol. The Morgan fingerprint density at radius 2 is 1.93 bits per heavy atom. The molecule has 3 aromatic rings. The average Bonchev–Trinajstić information content (AvgIpc) is 3.13. The van der Waals surface area contributed by atoms with Crippen molar-refractivity contribution in [2.24, 2.45) is 13.0 Å². The molecule has 6 nitrogen and oxygen atoms in total. The molecule has 4 atom stereocenters. The number of nitrogens with one attached hydrogen (secondary N) is 1. The molecule has 1 N–H and O–H groups in total. The number of hydrogen-bond acceptors (Lipinski definition) is 4. The van der Waals surface area contributed by atoms with E-state index in [-0.39, 0.29) is 0 Å². The molecular weight excluding hydrogens is 396 g/mol. The molecule has 3 aliphatic heterocycles. The van der Waals surface area contributed by atoms with Crippen molar-refractivity contribution in [1.82, 2.24) is 19.4 Å². The van der Waals surface area contributed by atoms with Gasteiger partial charge in [-0.2, -0.15) is 5.10 Å². The number of sulfonamides is 1. The first-order valence-corrected chi connectivity index (χ1v) is 12.5. The maximum atomic E-state index is 11.5. The van der Waals surface area contributed by atoms with Crippen LogP contribution in [0.15, 0.2) is 48.5 Å². The van der Waals surface area contributed by atoms with Gasteiger partial charge in [0.1, 0.15) is 0 Å². The molecule has 2 aromatic carbocycles. The number of aromatic nitrogens is 2. The Morgan fingerprint density at radius 1 is 1.13 bits per heavy atom. The van der Waals surface area contributed by atoms with Crippen molar-refractivity contribution in [3.05, 3.63) is 54.2 Å². The van der Waals surface area contributed by atoms with Crippen molar-refractivity contribution in [3.8, 4) is 11.3 Å². The summed E-state index contributed by atoms with van der Waals surface area (Å²) in [6.07, 6.45) is 3.43. The fourth-order valence-corrected chi connectivity index (χ4v) is 5.75. The smallest absolute Gasteiger partial charge is 0.208 e. The van der Waals surface area contributed by atoms with E-state index in [9.17, 15) is 8.42 Å². The van der Waals surface area contributed by atoms with E-state index in [4.69, 9.17) is 5.10 Å². The third-order valence-electron chi connectivity index (χ3n) is 6.80. The second-order valence-electron chi connectivity index (χ2n) is 8.80. The summed E-state index contributed by atoms with van der Waals surface area (Å²) in [5.74, 6) is 1.01. The Bertz CT molecular complexity index is 1190. The van der Waals surface area contributed by atoms with Crippen molar-refractivity contribution in [1.29, 1.82) is 0 Å². The molecule has 0 spiro atoms. The lowest BCUT2D eigenvalue weighted by Crippen LogP contribution is -2.56. The summed E-state index contributed by atoms with van der Waals surface area (Å²) in [4.78, 5) is 2.45. The zero-order chi connectivity index (χ0) is 20.9. The van der Waals surface area contributed by atoms with Crippen LogP contribution >= 0.6 is 0 Å². The highest BCUT2D eigenvalue weighted by Gasteiger charge is 2.41. The number of benzene rings is 2. The molecule has 3 aliphatic rings. The summed E-state index contributed by atoms with van der Waals surface area (Å²) < 4.78 is 27.7. The Kier molecular flexibility index (Phi) is 4.92. The van der Waals surface area contributed by atoms with E-state index in [0.29, 0.717) is 24.4 Å². The highest BCUT2D eigenvalue weighted by Crippen LogP contribution is 2.42. The first kappa shape index (κ1) is 19.7.